The predicted molar refractivity (Wildman–Crippen MR) is 83.9 cm³/mol. The van der Waals surface area contributed by atoms with Crippen molar-refractivity contribution in [2.75, 3.05) is 10.6 Å². The first-order valence-electron chi connectivity index (χ1n) is 6.60. The average Bonchev–Trinajstić information content (AvgIpc) is 2.49. The molecule has 2 N–H and O–H groups in total. The Labute approximate surface area is 123 Å². The number of hydrogen-bond donors (Lipinski definition) is 2. The molecular weight excluding hydrogens is 264 g/mol. The van der Waals surface area contributed by atoms with Gasteiger partial charge in [0.2, 0.25) is 5.91 Å². The van der Waals surface area contributed by atoms with E-state index in [-0.39, 0.29) is 18.1 Å². The van der Waals surface area contributed by atoms with Crippen LogP contribution in [0.1, 0.15) is 6.42 Å². The van der Waals surface area contributed by atoms with Crippen molar-refractivity contribution < 1.29 is 9.59 Å². The number of carbonyl (C=O) groups is 2. The van der Waals surface area contributed by atoms with E-state index in [2.05, 4.69) is 10.6 Å². The van der Waals surface area contributed by atoms with E-state index in [9.17, 15) is 9.59 Å². The third-order valence-corrected chi connectivity index (χ3v) is 2.69. The molecule has 4 heteroatoms. The lowest BCUT2D eigenvalue weighted by molar-refractivity contribution is -0.122. The average molecular weight is 280 g/mol. The van der Waals surface area contributed by atoms with Crippen LogP contribution in [0.3, 0.4) is 0 Å². The van der Waals surface area contributed by atoms with Crippen molar-refractivity contribution in [3.8, 4) is 0 Å². The molecule has 0 spiro atoms. The zero-order chi connectivity index (χ0) is 14.9. The van der Waals surface area contributed by atoms with Crippen molar-refractivity contribution >= 4 is 23.1 Å². The summed E-state index contributed by atoms with van der Waals surface area (Å²) in [5.74, 6) is -0.581. The van der Waals surface area contributed by atoms with Crippen molar-refractivity contribution in [1.29, 1.82) is 0 Å². The quantitative estimate of drug-likeness (QED) is 0.631. The highest BCUT2D eigenvalue weighted by atomic mass is 16.2. The number of ketones is 1. The Morgan fingerprint density at radius 3 is 2.05 bits per heavy atom. The SMILES string of the molecule is O=C(/C=C\Nc1ccccc1)CC(=O)Nc1ccccc1. The minimum atomic E-state index is -0.324. The second-order valence-electron chi connectivity index (χ2n) is 4.40. The predicted octanol–water partition coefficient (Wildman–Crippen LogP) is 3.21. The molecule has 2 aromatic rings. The van der Waals surface area contributed by atoms with Gasteiger partial charge in [-0.1, -0.05) is 36.4 Å². The molecule has 0 unspecified atom stereocenters. The lowest BCUT2D eigenvalue weighted by Crippen LogP contribution is -2.15. The summed E-state index contributed by atoms with van der Waals surface area (Å²) in [6.45, 7) is 0. The fourth-order valence-electron chi connectivity index (χ4n) is 1.71. The molecular formula is C17H16N2O2. The van der Waals surface area contributed by atoms with E-state index in [1.54, 1.807) is 12.1 Å². The van der Waals surface area contributed by atoms with E-state index >= 15 is 0 Å². The zero-order valence-electron chi connectivity index (χ0n) is 11.5. The summed E-state index contributed by atoms with van der Waals surface area (Å²) in [5, 5.41) is 5.63. The number of hydrogen-bond acceptors (Lipinski definition) is 3. The number of amides is 1. The molecule has 0 fully saturated rings. The van der Waals surface area contributed by atoms with Gasteiger partial charge in [-0.05, 0) is 30.3 Å². The zero-order valence-corrected chi connectivity index (χ0v) is 11.5. The molecule has 0 aromatic heterocycles. The summed E-state index contributed by atoms with van der Waals surface area (Å²) in [6, 6.07) is 18.5. The van der Waals surface area contributed by atoms with Crippen molar-refractivity contribution in [2.24, 2.45) is 0 Å². The fraction of sp³-hybridized carbons (Fsp3) is 0.0588. The van der Waals surface area contributed by atoms with E-state index in [0.717, 1.165) is 5.69 Å². The molecule has 0 atom stereocenters. The highest BCUT2D eigenvalue weighted by Crippen LogP contribution is 2.06. The van der Waals surface area contributed by atoms with Crippen LogP contribution in [0, 0.1) is 0 Å². The lowest BCUT2D eigenvalue weighted by Gasteiger charge is -2.03. The maximum Gasteiger partial charge on any atom is 0.232 e. The fourth-order valence-corrected chi connectivity index (χ4v) is 1.71. The van der Waals surface area contributed by atoms with Gasteiger partial charge in [0.15, 0.2) is 5.78 Å². The number of allylic oxidation sites excluding steroid dienone is 1. The van der Waals surface area contributed by atoms with Gasteiger partial charge in [-0.2, -0.15) is 0 Å². The van der Waals surface area contributed by atoms with Crippen molar-refractivity contribution in [3.63, 3.8) is 0 Å². The van der Waals surface area contributed by atoms with Crippen molar-refractivity contribution in [1.82, 2.24) is 0 Å². The standard InChI is InChI=1S/C17H16N2O2/c20-16(11-12-18-14-7-3-1-4-8-14)13-17(21)19-15-9-5-2-6-10-15/h1-12,18H,13H2,(H,19,21)/b12-11-. The topological polar surface area (TPSA) is 58.2 Å². The third-order valence-electron chi connectivity index (χ3n) is 2.69. The Kier molecular flexibility index (Phi) is 5.29. The Morgan fingerprint density at radius 2 is 1.43 bits per heavy atom. The van der Waals surface area contributed by atoms with Crippen LogP contribution < -0.4 is 10.6 Å². The van der Waals surface area contributed by atoms with Gasteiger partial charge < -0.3 is 10.6 Å². The first kappa shape index (κ1) is 14.5. The van der Waals surface area contributed by atoms with Gasteiger partial charge in [0.1, 0.15) is 0 Å². The molecule has 21 heavy (non-hydrogen) atoms. The normalized spacial score (nSPS) is 10.3. The Hall–Kier alpha value is -2.88. The van der Waals surface area contributed by atoms with Gasteiger partial charge in [0.25, 0.3) is 0 Å². The minimum absolute atomic E-state index is 0.179. The molecule has 0 saturated heterocycles. The molecule has 106 valence electrons. The van der Waals surface area contributed by atoms with Crippen LogP contribution >= 0.6 is 0 Å². The molecule has 4 nitrogen and oxygen atoms in total. The largest absolute Gasteiger partial charge is 0.362 e. The molecule has 0 bridgehead atoms. The number of carbonyl (C=O) groups excluding carboxylic acids is 2. The highest BCUT2D eigenvalue weighted by molar-refractivity contribution is 6.08. The Balaban J connectivity index is 1.77. The molecule has 0 aliphatic carbocycles. The summed E-state index contributed by atoms with van der Waals surface area (Å²) in [5.41, 5.74) is 1.57. The minimum Gasteiger partial charge on any atom is -0.362 e. The maximum atomic E-state index is 11.7. The summed E-state index contributed by atoms with van der Waals surface area (Å²) < 4.78 is 0. The number of para-hydroxylation sites is 2. The summed E-state index contributed by atoms with van der Waals surface area (Å²) in [7, 11) is 0. The molecule has 2 aromatic carbocycles. The molecule has 0 aliphatic rings. The molecule has 0 heterocycles. The van der Waals surface area contributed by atoms with Gasteiger partial charge in [-0.15, -0.1) is 0 Å². The second-order valence-corrected chi connectivity index (χ2v) is 4.40. The van der Waals surface area contributed by atoms with Crippen molar-refractivity contribution in [3.05, 3.63) is 72.9 Å². The van der Waals surface area contributed by atoms with E-state index in [1.807, 2.05) is 48.5 Å². The first-order valence-corrected chi connectivity index (χ1v) is 6.60. The molecule has 0 aliphatic heterocycles. The number of anilines is 2. The van der Waals surface area contributed by atoms with E-state index in [4.69, 9.17) is 0 Å². The van der Waals surface area contributed by atoms with Crippen LogP contribution in [-0.4, -0.2) is 11.7 Å². The lowest BCUT2D eigenvalue weighted by atomic mass is 10.2. The highest BCUT2D eigenvalue weighted by Gasteiger charge is 2.06. The van der Waals surface area contributed by atoms with Gasteiger partial charge >= 0.3 is 0 Å². The maximum absolute atomic E-state index is 11.7. The van der Waals surface area contributed by atoms with Crippen LogP contribution in [0.4, 0.5) is 11.4 Å². The second kappa shape index (κ2) is 7.65. The van der Waals surface area contributed by atoms with Crippen LogP contribution in [0.25, 0.3) is 0 Å². The number of benzene rings is 2. The van der Waals surface area contributed by atoms with E-state index in [1.165, 1.54) is 12.3 Å². The summed E-state index contributed by atoms with van der Waals surface area (Å²) >= 11 is 0. The number of nitrogens with one attached hydrogen (secondary N) is 2. The van der Waals surface area contributed by atoms with Gasteiger partial charge in [0.05, 0.1) is 6.42 Å². The van der Waals surface area contributed by atoms with Crippen molar-refractivity contribution in [2.45, 2.75) is 6.42 Å². The van der Waals surface area contributed by atoms with Crippen LogP contribution in [0.5, 0.6) is 0 Å². The molecule has 0 radical (unpaired) electrons. The van der Waals surface area contributed by atoms with Gasteiger partial charge in [0, 0.05) is 17.6 Å². The molecule has 0 saturated carbocycles. The molecule has 2 rings (SSSR count). The van der Waals surface area contributed by atoms with Crippen LogP contribution in [0.15, 0.2) is 72.9 Å². The van der Waals surface area contributed by atoms with E-state index in [0.29, 0.717) is 5.69 Å². The molecule has 1 amide bonds. The summed E-state index contributed by atoms with van der Waals surface area (Å²) in [6.07, 6.45) is 2.72. The van der Waals surface area contributed by atoms with Crippen LogP contribution in [0.2, 0.25) is 0 Å². The van der Waals surface area contributed by atoms with Gasteiger partial charge in [-0.3, -0.25) is 9.59 Å². The monoisotopic (exact) mass is 280 g/mol. The smallest absolute Gasteiger partial charge is 0.232 e. The van der Waals surface area contributed by atoms with E-state index < -0.39 is 0 Å². The first-order chi connectivity index (χ1) is 10.2. The summed E-state index contributed by atoms with van der Waals surface area (Å²) in [4.78, 5) is 23.3. The third kappa shape index (κ3) is 5.32. The van der Waals surface area contributed by atoms with Crippen LogP contribution in [-0.2, 0) is 9.59 Å². The Morgan fingerprint density at radius 1 is 0.857 bits per heavy atom. The number of rotatable bonds is 6. The van der Waals surface area contributed by atoms with Gasteiger partial charge in [-0.25, -0.2) is 0 Å². The Bertz CT molecular complexity index is 622.